The molecule has 0 bridgehead atoms. The Kier molecular flexibility index (Phi) is 4.75. The first kappa shape index (κ1) is 19.1. The fourth-order valence-electron chi connectivity index (χ4n) is 4.26. The van der Waals surface area contributed by atoms with Crippen molar-refractivity contribution in [2.75, 3.05) is 6.61 Å². The molecule has 0 saturated heterocycles. The summed E-state index contributed by atoms with van der Waals surface area (Å²) in [6.07, 6.45) is 2.30. The molecule has 31 heavy (non-hydrogen) atoms. The number of hydrogen-bond donors (Lipinski definition) is 1. The van der Waals surface area contributed by atoms with Gasteiger partial charge in [-0.05, 0) is 41.8 Å². The van der Waals surface area contributed by atoms with Gasteiger partial charge in [0.15, 0.2) is 0 Å². The minimum absolute atomic E-state index is 0.375. The number of hydrogen-bond acceptors (Lipinski definition) is 3. The van der Waals surface area contributed by atoms with Gasteiger partial charge >= 0.3 is 0 Å². The van der Waals surface area contributed by atoms with Crippen LogP contribution in [0.1, 0.15) is 34.0 Å². The van der Waals surface area contributed by atoms with Gasteiger partial charge in [-0.25, -0.2) is 0 Å². The maximum Gasteiger partial charge on any atom is 0.233 e. The molecule has 4 nitrogen and oxygen atoms in total. The van der Waals surface area contributed by atoms with Gasteiger partial charge in [0.1, 0.15) is 5.75 Å². The number of ether oxygens (including phenoxy) is 1. The lowest BCUT2D eigenvalue weighted by molar-refractivity contribution is -0.111. The van der Waals surface area contributed by atoms with E-state index in [2.05, 4.69) is 4.98 Å². The molecule has 5 rings (SSSR count). The summed E-state index contributed by atoms with van der Waals surface area (Å²) < 4.78 is 5.53. The summed E-state index contributed by atoms with van der Waals surface area (Å²) in [7, 11) is 0. The molecular weight excluding hydrogens is 386 g/mol. The minimum Gasteiger partial charge on any atom is -0.494 e. The Labute approximate surface area is 180 Å². The zero-order valence-electron chi connectivity index (χ0n) is 17.1. The van der Waals surface area contributed by atoms with Gasteiger partial charge in [0.25, 0.3) is 0 Å². The topological polar surface area (TPSA) is 59.2 Å². The van der Waals surface area contributed by atoms with Crippen molar-refractivity contribution in [2.24, 2.45) is 0 Å². The van der Waals surface area contributed by atoms with Gasteiger partial charge in [-0.2, -0.15) is 0 Å². The smallest absolute Gasteiger partial charge is 0.233 e. The molecule has 0 spiro atoms. The third-order valence-corrected chi connectivity index (χ3v) is 5.70. The summed E-state index contributed by atoms with van der Waals surface area (Å²) in [5.41, 5.74) is 5.50. The van der Waals surface area contributed by atoms with E-state index in [1.807, 2.05) is 73.8 Å². The predicted octanol–water partition coefficient (Wildman–Crippen LogP) is 5.38. The molecule has 0 fully saturated rings. The molecule has 1 aliphatic carbocycles. The van der Waals surface area contributed by atoms with Gasteiger partial charge in [-0.15, -0.1) is 0 Å². The molecule has 152 valence electrons. The number of para-hydroxylation sites is 1. The maximum absolute atomic E-state index is 13.3. The highest BCUT2D eigenvalue weighted by molar-refractivity contribution is 6.53. The van der Waals surface area contributed by atoms with Crippen LogP contribution in [0.2, 0.25) is 0 Å². The van der Waals surface area contributed by atoms with Crippen LogP contribution in [0.4, 0.5) is 0 Å². The summed E-state index contributed by atoms with van der Waals surface area (Å²) in [6, 6.07) is 23.1. The summed E-state index contributed by atoms with van der Waals surface area (Å²) in [5.74, 6) is -0.0959. The van der Waals surface area contributed by atoms with Crippen LogP contribution in [-0.2, 0) is 11.2 Å². The number of benzene rings is 3. The Morgan fingerprint density at radius 2 is 1.48 bits per heavy atom. The lowest BCUT2D eigenvalue weighted by Gasteiger charge is -2.22. The van der Waals surface area contributed by atoms with E-state index in [4.69, 9.17) is 4.74 Å². The van der Waals surface area contributed by atoms with Crippen LogP contribution in [0, 0.1) is 0 Å². The van der Waals surface area contributed by atoms with E-state index in [-0.39, 0.29) is 0 Å². The van der Waals surface area contributed by atoms with Crippen molar-refractivity contribution in [1.82, 2.24) is 4.98 Å². The van der Waals surface area contributed by atoms with Crippen molar-refractivity contribution in [3.05, 3.63) is 107 Å². The van der Waals surface area contributed by atoms with Crippen molar-refractivity contribution in [3.63, 3.8) is 0 Å². The molecule has 0 atom stereocenters. The Morgan fingerprint density at radius 3 is 2.26 bits per heavy atom. The van der Waals surface area contributed by atoms with Gasteiger partial charge in [-0.3, -0.25) is 9.59 Å². The standard InChI is InChI=1S/C27H21NO3/c1-2-31-18-13-11-17(12-14-18)15-22-25(23-16-28-24-10-6-5-7-19(23)24)20-8-3-4-9-21(20)26(29)27(22)30/h3-14,16,28H,2,15H2,1H3. The molecule has 1 heterocycles. The number of nitrogens with one attached hydrogen (secondary N) is 1. The van der Waals surface area contributed by atoms with Gasteiger partial charge < -0.3 is 9.72 Å². The van der Waals surface area contributed by atoms with Crippen molar-refractivity contribution in [3.8, 4) is 5.75 Å². The third kappa shape index (κ3) is 3.26. The molecule has 3 aromatic carbocycles. The molecule has 0 radical (unpaired) electrons. The summed E-state index contributed by atoms with van der Waals surface area (Å²) in [5, 5.41) is 1.03. The van der Waals surface area contributed by atoms with Crippen LogP contribution >= 0.6 is 0 Å². The van der Waals surface area contributed by atoms with E-state index in [0.29, 0.717) is 24.2 Å². The maximum atomic E-state index is 13.3. The Balaban J connectivity index is 1.71. The first-order valence-corrected chi connectivity index (χ1v) is 10.4. The number of ketones is 2. The van der Waals surface area contributed by atoms with Crippen LogP contribution < -0.4 is 4.74 Å². The Bertz CT molecular complexity index is 1340. The van der Waals surface area contributed by atoms with Crippen LogP contribution in [0.5, 0.6) is 5.75 Å². The second-order valence-electron chi connectivity index (χ2n) is 7.56. The van der Waals surface area contributed by atoms with E-state index < -0.39 is 11.6 Å². The average molecular weight is 407 g/mol. The predicted molar refractivity (Wildman–Crippen MR) is 121 cm³/mol. The van der Waals surface area contributed by atoms with Gasteiger partial charge in [-0.1, -0.05) is 54.6 Å². The van der Waals surface area contributed by atoms with E-state index in [1.54, 1.807) is 12.1 Å². The van der Waals surface area contributed by atoms with E-state index in [9.17, 15) is 9.59 Å². The lowest BCUT2D eigenvalue weighted by atomic mass is 9.79. The SMILES string of the molecule is CCOc1ccc(CC2=C(c3c[nH]c4ccccc34)c3ccccc3C(=O)C2=O)cc1. The van der Waals surface area contributed by atoms with Crippen molar-refractivity contribution < 1.29 is 14.3 Å². The van der Waals surface area contributed by atoms with Gasteiger partial charge in [0.2, 0.25) is 11.6 Å². The van der Waals surface area contributed by atoms with Crippen molar-refractivity contribution in [1.29, 1.82) is 0 Å². The van der Waals surface area contributed by atoms with E-state index in [0.717, 1.165) is 38.9 Å². The van der Waals surface area contributed by atoms with Gasteiger partial charge in [0, 0.05) is 40.2 Å². The Morgan fingerprint density at radius 1 is 0.774 bits per heavy atom. The zero-order chi connectivity index (χ0) is 21.4. The molecule has 0 saturated carbocycles. The molecule has 4 aromatic rings. The average Bonchev–Trinajstić information content (AvgIpc) is 3.23. The van der Waals surface area contributed by atoms with E-state index in [1.165, 1.54) is 0 Å². The fraction of sp³-hybridized carbons (Fsp3) is 0.111. The molecule has 1 N–H and O–H groups in total. The van der Waals surface area contributed by atoms with Crippen molar-refractivity contribution >= 4 is 28.0 Å². The molecule has 0 aliphatic heterocycles. The normalized spacial score (nSPS) is 13.6. The van der Waals surface area contributed by atoms with Crippen LogP contribution in [-0.4, -0.2) is 23.2 Å². The number of carbonyl (C=O) groups excluding carboxylic acids is 2. The minimum atomic E-state index is -0.444. The second kappa shape index (κ2) is 7.73. The number of allylic oxidation sites excluding steroid dienone is 1. The summed E-state index contributed by atoms with van der Waals surface area (Å²) in [4.78, 5) is 29.5. The number of aromatic nitrogens is 1. The van der Waals surface area contributed by atoms with Crippen molar-refractivity contribution in [2.45, 2.75) is 13.3 Å². The molecule has 0 unspecified atom stereocenters. The first-order valence-electron chi connectivity index (χ1n) is 10.4. The second-order valence-corrected chi connectivity index (χ2v) is 7.56. The highest BCUT2D eigenvalue weighted by atomic mass is 16.5. The highest BCUT2D eigenvalue weighted by Crippen LogP contribution is 2.39. The summed E-state index contributed by atoms with van der Waals surface area (Å²) in [6.45, 7) is 2.54. The zero-order valence-corrected chi connectivity index (χ0v) is 17.1. The third-order valence-electron chi connectivity index (χ3n) is 5.70. The van der Waals surface area contributed by atoms with E-state index >= 15 is 0 Å². The number of carbonyl (C=O) groups is 2. The quantitative estimate of drug-likeness (QED) is 0.452. The monoisotopic (exact) mass is 407 g/mol. The van der Waals surface area contributed by atoms with Crippen LogP contribution in [0.3, 0.4) is 0 Å². The van der Waals surface area contributed by atoms with Gasteiger partial charge in [0.05, 0.1) is 6.61 Å². The number of fused-ring (bicyclic) bond motifs is 2. The molecule has 4 heteroatoms. The summed E-state index contributed by atoms with van der Waals surface area (Å²) >= 11 is 0. The van der Waals surface area contributed by atoms with Crippen LogP contribution in [0.15, 0.2) is 84.6 Å². The largest absolute Gasteiger partial charge is 0.494 e. The highest BCUT2D eigenvalue weighted by Gasteiger charge is 2.33. The Hall–Kier alpha value is -3.92. The molecule has 1 aliphatic rings. The fourth-order valence-corrected chi connectivity index (χ4v) is 4.26. The van der Waals surface area contributed by atoms with Crippen LogP contribution in [0.25, 0.3) is 16.5 Å². The number of H-pyrrole nitrogens is 1. The molecular formula is C27H21NO3. The number of aromatic amines is 1. The first-order chi connectivity index (χ1) is 15.2. The molecule has 0 amide bonds. The molecule has 1 aromatic heterocycles. The lowest BCUT2D eigenvalue weighted by Crippen LogP contribution is -2.25. The number of Topliss-reactive ketones (excluding diaryl/α,β-unsaturated/α-hetero) is 2. The number of rotatable bonds is 5.